The second-order valence-electron chi connectivity index (χ2n) is 5.85. The van der Waals surface area contributed by atoms with Crippen LogP contribution >= 0.6 is 0 Å². The van der Waals surface area contributed by atoms with Gasteiger partial charge in [0.1, 0.15) is 0 Å². The van der Waals surface area contributed by atoms with E-state index in [1.54, 1.807) is 0 Å². The van der Waals surface area contributed by atoms with Crippen molar-refractivity contribution in [2.45, 2.75) is 64.3 Å². The first kappa shape index (κ1) is 12.1. The fourth-order valence-corrected chi connectivity index (χ4v) is 3.39. The Kier molecular flexibility index (Phi) is 3.68. The zero-order valence-corrected chi connectivity index (χ0v) is 10.7. The van der Waals surface area contributed by atoms with Crippen LogP contribution < -0.4 is 5.32 Å². The lowest BCUT2D eigenvalue weighted by Gasteiger charge is -2.32. The van der Waals surface area contributed by atoms with E-state index in [-0.39, 0.29) is 5.54 Å². The van der Waals surface area contributed by atoms with Gasteiger partial charge in [0.2, 0.25) is 0 Å². The molecule has 1 aliphatic heterocycles. The van der Waals surface area contributed by atoms with Gasteiger partial charge in [-0.3, -0.25) is 4.79 Å². The number of hydrogen-bond donors (Lipinski definition) is 1. The standard InChI is InChI=1S/C14H25NO/c1-3-11-5-7-12(8-6-11)13(16)14(2)9-4-10-15-14/h11-12,15H,3-10H2,1-2H3. The maximum Gasteiger partial charge on any atom is 0.155 e. The third-order valence-electron chi connectivity index (χ3n) is 4.71. The Morgan fingerprint density at radius 1 is 1.31 bits per heavy atom. The molecule has 2 fully saturated rings. The van der Waals surface area contributed by atoms with Crippen LogP contribution in [0.2, 0.25) is 0 Å². The van der Waals surface area contributed by atoms with Crippen LogP contribution in [0.5, 0.6) is 0 Å². The van der Waals surface area contributed by atoms with Crippen LogP contribution in [0.15, 0.2) is 0 Å². The van der Waals surface area contributed by atoms with Crippen LogP contribution in [-0.4, -0.2) is 17.9 Å². The molecule has 0 aromatic carbocycles. The largest absolute Gasteiger partial charge is 0.305 e. The summed E-state index contributed by atoms with van der Waals surface area (Å²) in [6, 6.07) is 0. The highest BCUT2D eigenvalue weighted by molar-refractivity contribution is 5.90. The van der Waals surface area contributed by atoms with Crippen molar-refractivity contribution in [2.75, 3.05) is 6.54 Å². The summed E-state index contributed by atoms with van der Waals surface area (Å²) in [5.74, 6) is 1.73. The number of Topliss-reactive ketones (excluding diaryl/α,β-unsaturated/α-hetero) is 1. The first-order valence-corrected chi connectivity index (χ1v) is 6.95. The Labute approximate surface area is 99.2 Å². The molecule has 1 unspecified atom stereocenters. The second kappa shape index (κ2) is 4.87. The highest BCUT2D eigenvalue weighted by Crippen LogP contribution is 2.35. The lowest BCUT2D eigenvalue weighted by Crippen LogP contribution is -2.48. The van der Waals surface area contributed by atoms with E-state index >= 15 is 0 Å². The molecular formula is C14H25NO. The summed E-state index contributed by atoms with van der Waals surface area (Å²) in [4.78, 5) is 12.5. The maximum absolute atomic E-state index is 12.5. The summed E-state index contributed by atoms with van der Waals surface area (Å²) in [5.41, 5.74) is -0.191. The average molecular weight is 223 g/mol. The Hall–Kier alpha value is -0.370. The van der Waals surface area contributed by atoms with Gasteiger partial charge in [0.15, 0.2) is 5.78 Å². The molecule has 2 aliphatic rings. The molecule has 2 rings (SSSR count). The smallest absolute Gasteiger partial charge is 0.155 e. The van der Waals surface area contributed by atoms with Crippen molar-refractivity contribution >= 4 is 5.78 Å². The summed E-state index contributed by atoms with van der Waals surface area (Å²) in [5, 5.41) is 3.41. The minimum absolute atomic E-state index is 0.191. The molecule has 0 radical (unpaired) electrons. The van der Waals surface area contributed by atoms with Crippen LogP contribution in [0.25, 0.3) is 0 Å². The van der Waals surface area contributed by atoms with Crippen molar-refractivity contribution in [1.29, 1.82) is 0 Å². The second-order valence-corrected chi connectivity index (χ2v) is 5.85. The highest BCUT2D eigenvalue weighted by Gasteiger charge is 2.40. The van der Waals surface area contributed by atoms with Gasteiger partial charge in [0.25, 0.3) is 0 Å². The van der Waals surface area contributed by atoms with E-state index in [1.165, 1.54) is 19.3 Å². The van der Waals surface area contributed by atoms with Gasteiger partial charge in [-0.05, 0) is 57.9 Å². The van der Waals surface area contributed by atoms with Crippen LogP contribution in [0.3, 0.4) is 0 Å². The minimum atomic E-state index is -0.191. The molecule has 16 heavy (non-hydrogen) atoms. The molecule has 0 bridgehead atoms. The molecule has 0 amide bonds. The minimum Gasteiger partial charge on any atom is -0.305 e. The molecule has 1 N–H and O–H groups in total. The molecule has 1 saturated heterocycles. The number of carbonyl (C=O) groups is 1. The first-order valence-electron chi connectivity index (χ1n) is 6.95. The Balaban J connectivity index is 1.91. The van der Waals surface area contributed by atoms with Crippen molar-refractivity contribution < 1.29 is 4.79 Å². The van der Waals surface area contributed by atoms with Gasteiger partial charge in [0, 0.05) is 5.92 Å². The third kappa shape index (κ3) is 2.32. The Morgan fingerprint density at radius 3 is 2.50 bits per heavy atom. The normalized spacial score (nSPS) is 39.9. The Bertz CT molecular complexity index is 247. The number of rotatable bonds is 3. The van der Waals surface area contributed by atoms with Crippen molar-refractivity contribution in [3.8, 4) is 0 Å². The van der Waals surface area contributed by atoms with E-state index in [2.05, 4.69) is 19.2 Å². The van der Waals surface area contributed by atoms with Gasteiger partial charge in [0.05, 0.1) is 5.54 Å². The number of nitrogens with one attached hydrogen (secondary N) is 1. The average Bonchev–Trinajstić information content (AvgIpc) is 2.77. The topological polar surface area (TPSA) is 29.1 Å². The van der Waals surface area contributed by atoms with E-state index < -0.39 is 0 Å². The summed E-state index contributed by atoms with van der Waals surface area (Å²) in [6.07, 6.45) is 8.29. The summed E-state index contributed by atoms with van der Waals surface area (Å²) < 4.78 is 0. The molecule has 0 spiro atoms. The van der Waals surface area contributed by atoms with Gasteiger partial charge in [-0.1, -0.05) is 13.3 Å². The summed E-state index contributed by atoms with van der Waals surface area (Å²) in [7, 11) is 0. The summed E-state index contributed by atoms with van der Waals surface area (Å²) in [6.45, 7) is 5.40. The van der Waals surface area contributed by atoms with Crippen LogP contribution in [0.4, 0.5) is 0 Å². The van der Waals surface area contributed by atoms with E-state index in [0.717, 1.165) is 38.1 Å². The van der Waals surface area contributed by atoms with Gasteiger partial charge in [-0.15, -0.1) is 0 Å². The van der Waals surface area contributed by atoms with Crippen molar-refractivity contribution in [3.63, 3.8) is 0 Å². The van der Waals surface area contributed by atoms with E-state index in [4.69, 9.17) is 0 Å². The molecular weight excluding hydrogens is 198 g/mol. The molecule has 0 aromatic heterocycles. The van der Waals surface area contributed by atoms with E-state index in [0.29, 0.717) is 11.7 Å². The van der Waals surface area contributed by atoms with Crippen molar-refractivity contribution in [1.82, 2.24) is 5.32 Å². The Morgan fingerprint density at radius 2 is 2.00 bits per heavy atom. The molecule has 2 nitrogen and oxygen atoms in total. The molecule has 0 aromatic rings. The zero-order chi connectivity index (χ0) is 11.6. The summed E-state index contributed by atoms with van der Waals surface area (Å²) >= 11 is 0. The molecule has 1 heterocycles. The first-order chi connectivity index (χ1) is 7.65. The molecule has 1 atom stereocenters. The predicted octanol–water partition coefficient (Wildman–Crippen LogP) is 2.91. The van der Waals surface area contributed by atoms with Gasteiger partial charge < -0.3 is 5.32 Å². The number of hydrogen-bond acceptors (Lipinski definition) is 2. The van der Waals surface area contributed by atoms with Gasteiger partial charge in [-0.25, -0.2) is 0 Å². The fourth-order valence-electron chi connectivity index (χ4n) is 3.39. The lowest BCUT2D eigenvalue weighted by atomic mass is 9.74. The maximum atomic E-state index is 12.5. The molecule has 92 valence electrons. The SMILES string of the molecule is CCC1CCC(C(=O)C2(C)CCCN2)CC1. The number of ketones is 1. The molecule has 2 heteroatoms. The van der Waals surface area contributed by atoms with Crippen LogP contribution in [0.1, 0.15) is 58.8 Å². The van der Waals surface area contributed by atoms with E-state index in [9.17, 15) is 4.79 Å². The molecule has 1 saturated carbocycles. The third-order valence-corrected chi connectivity index (χ3v) is 4.71. The monoisotopic (exact) mass is 223 g/mol. The van der Waals surface area contributed by atoms with Crippen LogP contribution in [0, 0.1) is 11.8 Å². The number of carbonyl (C=O) groups excluding carboxylic acids is 1. The van der Waals surface area contributed by atoms with Crippen LogP contribution in [-0.2, 0) is 4.79 Å². The van der Waals surface area contributed by atoms with Crippen molar-refractivity contribution in [3.05, 3.63) is 0 Å². The van der Waals surface area contributed by atoms with Gasteiger partial charge in [-0.2, -0.15) is 0 Å². The highest BCUT2D eigenvalue weighted by atomic mass is 16.1. The molecule has 1 aliphatic carbocycles. The zero-order valence-electron chi connectivity index (χ0n) is 10.7. The fraction of sp³-hybridized carbons (Fsp3) is 0.929. The van der Waals surface area contributed by atoms with Crippen molar-refractivity contribution in [2.24, 2.45) is 11.8 Å². The predicted molar refractivity (Wildman–Crippen MR) is 66.4 cm³/mol. The quantitative estimate of drug-likeness (QED) is 0.797. The van der Waals surface area contributed by atoms with E-state index in [1.807, 2.05) is 0 Å². The lowest BCUT2D eigenvalue weighted by molar-refractivity contribution is -0.129. The van der Waals surface area contributed by atoms with Gasteiger partial charge >= 0.3 is 0 Å².